The summed E-state index contributed by atoms with van der Waals surface area (Å²) >= 11 is 0. The Kier molecular flexibility index (Phi) is 3.64. The lowest BCUT2D eigenvalue weighted by Gasteiger charge is -2.21. The highest BCUT2D eigenvalue weighted by Gasteiger charge is 2.36. The fraction of sp³-hybridized carbons (Fsp3) is 0.267. The molecule has 0 spiro atoms. The van der Waals surface area contributed by atoms with Crippen LogP contribution in [0.15, 0.2) is 47.4 Å². The fourth-order valence-corrected chi connectivity index (χ4v) is 2.60. The predicted octanol–water partition coefficient (Wildman–Crippen LogP) is 1.34. The number of methoxy groups -OCH3 is 1. The number of hydrogen-bond acceptors (Lipinski definition) is 5. The summed E-state index contributed by atoms with van der Waals surface area (Å²) in [6, 6.07) is 1.51. The van der Waals surface area contributed by atoms with E-state index < -0.39 is 5.97 Å². The molecule has 2 heterocycles. The number of carboxylic acids is 1. The normalized spacial score (nSPS) is 25.5. The molecule has 0 radical (unpaired) electrons. The van der Waals surface area contributed by atoms with Crippen LogP contribution in [0.4, 0.5) is 5.69 Å². The number of nitrogens with one attached hydrogen (secondary N) is 1. The molecule has 0 bridgehead atoms. The van der Waals surface area contributed by atoms with Crippen LogP contribution in [0, 0.1) is 5.92 Å². The quantitative estimate of drug-likeness (QED) is 0.876. The van der Waals surface area contributed by atoms with Gasteiger partial charge >= 0.3 is 5.97 Å². The van der Waals surface area contributed by atoms with Gasteiger partial charge in [-0.05, 0) is 18.2 Å². The van der Waals surface area contributed by atoms with Crippen LogP contribution in [0.3, 0.4) is 0 Å². The number of aliphatic imine (C=N–C) groups is 1. The summed E-state index contributed by atoms with van der Waals surface area (Å²) in [7, 11) is 3.53. The van der Waals surface area contributed by atoms with Crippen LogP contribution in [0.1, 0.15) is 10.4 Å². The summed E-state index contributed by atoms with van der Waals surface area (Å²) in [5, 5.41) is 11.1. The molecule has 114 valence electrons. The number of ether oxygens (including phenoxy) is 1. The number of carbonyl (C=O) groups is 1. The van der Waals surface area contributed by atoms with Gasteiger partial charge in [0.1, 0.15) is 11.6 Å². The number of pyridine rings is 1. The zero-order valence-electron chi connectivity index (χ0n) is 12.2. The Labute approximate surface area is 127 Å². The summed E-state index contributed by atoms with van der Waals surface area (Å²) in [6.45, 7) is 0. The Morgan fingerprint density at radius 1 is 1.55 bits per heavy atom. The van der Waals surface area contributed by atoms with Crippen LogP contribution >= 0.6 is 0 Å². The highest BCUT2D eigenvalue weighted by Crippen LogP contribution is 2.28. The van der Waals surface area contributed by atoms with Crippen LogP contribution in [0.25, 0.3) is 0 Å². The number of aromatic nitrogens is 1. The average molecular weight is 300 g/mol. The summed E-state index contributed by atoms with van der Waals surface area (Å²) in [6.07, 6.45) is 8.78. The van der Waals surface area contributed by atoms with Gasteiger partial charge in [0.05, 0.1) is 36.5 Å². The molecule has 0 amide bonds. The SMILES string of the molecule is COC1=CC2C(C=C1)C(=Nc1cnccc1C(=O)O)NN2C. The number of allylic oxidation sites excluding steroid dienone is 1. The average Bonchev–Trinajstić information content (AvgIpc) is 2.83. The van der Waals surface area contributed by atoms with E-state index in [1.165, 1.54) is 18.5 Å². The number of hydrazine groups is 1. The van der Waals surface area contributed by atoms with Crippen LogP contribution in [0.5, 0.6) is 0 Å². The van der Waals surface area contributed by atoms with E-state index in [0.717, 1.165) is 5.76 Å². The molecule has 3 rings (SSSR count). The van der Waals surface area contributed by atoms with E-state index in [1.54, 1.807) is 7.11 Å². The highest BCUT2D eigenvalue weighted by molar-refractivity contribution is 5.97. The van der Waals surface area contributed by atoms with Crippen molar-refractivity contribution in [1.29, 1.82) is 0 Å². The van der Waals surface area contributed by atoms with Gasteiger partial charge in [-0.3, -0.25) is 4.98 Å². The maximum Gasteiger partial charge on any atom is 0.338 e. The molecule has 2 atom stereocenters. The molecule has 7 nitrogen and oxygen atoms in total. The van der Waals surface area contributed by atoms with Gasteiger partial charge in [0.25, 0.3) is 0 Å². The molecule has 1 aliphatic heterocycles. The minimum absolute atomic E-state index is 0.0192. The van der Waals surface area contributed by atoms with Crippen molar-refractivity contribution in [3.8, 4) is 0 Å². The largest absolute Gasteiger partial charge is 0.497 e. The van der Waals surface area contributed by atoms with Crippen molar-refractivity contribution in [1.82, 2.24) is 15.4 Å². The summed E-state index contributed by atoms with van der Waals surface area (Å²) in [5.74, 6) is 0.477. The van der Waals surface area contributed by atoms with E-state index in [9.17, 15) is 9.90 Å². The van der Waals surface area contributed by atoms with Crippen LogP contribution in [0.2, 0.25) is 0 Å². The minimum Gasteiger partial charge on any atom is -0.497 e. The standard InChI is InChI=1S/C15H16N4O3/c1-19-13-7-9(22-2)3-4-11(13)14(18-19)17-12-8-16-6-5-10(12)15(20)21/h3-8,11,13H,1-2H3,(H,17,18)(H,20,21). The van der Waals surface area contributed by atoms with E-state index in [0.29, 0.717) is 11.5 Å². The van der Waals surface area contributed by atoms with Crippen LogP contribution < -0.4 is 5.43 Å². The number of fused-ring (bicyclic) bond motifs is 1. The molecule has 1 aromatic heterocycles. The van der Waals surface area contributed by atoms with E-state index >= 15 is 0 Å². The maximum absolute atomic E-state index is 11.3. The molecule has 0 saturated carbocycles. The Morgan fingerprint density at radius 3 is 3.09 bits per heavy atom. The molecular formula is C15H16N4O3. The summed E-state index contributed by atoms with van der Waals surface area (Å²) in [5.41, 5.74) is 3.63. The van der Waals surface area contributed by atoms with Crippen LogP contribution in [-0.2, 0) is 4.74 Å². The maximum atomic E-state index is 11.3. The molecule has 1 fully saturated rings. The van der Waals surface area contributed by atoms with Gasteiger partial charge in [-0.2, -0.15) is 0 Å². The van der Waals surface area contributed by atoms with Crippen molar-refractivity contribution in [2.75, 3.05) is 14.2 Å². The first-order valence-corrected chi connectivity index (χ1v) is 6.79. The molecule has 1 aromatic rings. The van der Waals surface area contributed by atoms with Crippen molar-refractivity contribution in [2.45, 2.75) is 6.04 Å². The Bertz CT molecular complexity index is 696. The summed E-state index contributed by atoms with van der Waals surface area (Å²) < 4.78 is 5.24. The number of hydrogen-bond donors (Lipinski definition) is 2. The minimum atomic E-state index is -1.02. The zero-order chi connectivity index (χ0) is 15.7. The third-order valence-corrected chi connectivity index (χ3v) is 3.73. The number of likely N-dealkylation sites (N-methyl/N-ethyl adjacent to an activating group) is 1. The van der Waals surface area contributed by atoms with Crippen molar-refractivity contribution in [3.05, 3.63) is 48.0 Å². The number of rotatable bonds is 3. The Balaban J connectivity index is 1.96. The molecule has 1 saturated heterocycles. The molecule has 1 aliphatic carbocycles. The molecular weight excluding hydrogens is 284 g/mol. The van der Waals surface area contributed by atoms with Crippen LogP contribution in [-0.4, -0.2) is 47.1 Å². The van der Waals surface area contributed by atoms with E-state index in [-0.39, 0.29) is 17.5 Å². The predicted molar refractivity (Wildman–Crippen MR) is 80.7 cm³/mol. The van der Waals surface area contributed by atoms with Gasteiger partial charge < -0.3 is 15.3 Å². The number of carboxylic acid groups (broad SMARTS) is 1. The lowest BCUT2D eigenvalue weighted by Crippen LogP contribution is -2.34. The molecule has 2 aliphatic rings. The number of amidine groups is 1. The smallest absolute Gasteiger partial charge is 0.338 e. The first-order chi connectivity index (χ1) is 10.6. The van der Waals surface area contributed by atoms with Gasteiger partial charge in [-0.1, -0.05) is 6.08 Å². The number of aromatic carboxylic acids is 1. The molecule has 0 aromatic carbocycles. The lowest BCUT2D eigenvalue weighted by molar-refractivity contribution is 0.0697. The molecule has 7 heteroatoms. The topological polar surface area (TPSA) is 87.0 Å². The lowest BCUT2D eigenvalue weighted by atomic mass is 9.95. The second-order valence-corrected chi connectivity index (χ2v) is 5.07. The van der Waals surface area contributed by atoms with Crippen molar-refractivity contribution in [3.63, 3.8) is 0 Å². The molecule has 22 heavy (non-hydrogen) atoms. The summed E-state index contributed by atoms with van der Waals surface area (Å²) in [4.78, 5) is 19.7. The Morgan fingerprint density at radius 2 is 2.36 bits per heavy atom. The first-order valence-electron chi connectivity index (χ1n) is 6.79. The molecule has 2 N–H and O–H groups in total. The highest BCUT2D eigenvalue weighted by atomic mass is 16.5. The van der Waals surface area contributed by atoms with Crippen molar-refractivity contribution < 1.29 is 14.6 Å². The number of nitrogens with zero attached hydrogens (tertiary/aromatic N) is 3. The molecule has 2 unspecified atom stereocenters. The van der Waals surface area contributed by atoms with Crippen molar-refractivity contribution in [2.24, 2.45) is 10.9 Å². The van der Waals surface area contributed by atoms with E-state index in [1.807, 2.05) is 30.3 Å². The monoisotopic (exact) mass is 300 g/mol. The van der Waals surface area contributed by atoms with E-state index in [4.69, 9.17) is 4.74 Å². The second-order valence-electron chi connectivity index (χ2n) is 5.07. The van der Waals surface area contributed by atoms with Gasteiger partial charge in [0, 0.05) is 13.2 Å². The fourth-order valence-electron chi connectivity index (χ4n) is 2.60. The van der Waals surface area contributed by atoms with Gasteiger partial charge in [-0.15, -0.1) is 0 Å². The van der Waals surface area contributed by atoms with E-state index in [2.05, 4.69) is 15.4 Å². The van der Waals surface area contributed by atoms with Crippen molar-refractivity contribution >= 4 is 17.5 Å². The van der Waals surface area contributed by atoms with Gasteiger partial charge in [-0.25, -0.2) is 14.8 Å². The first kappa shape index (κ1) is 14.3. The third kappa shape index (κ3) is 2.46. The third-order valence-electron chi connectivity index (χ3n) is 3.73. The second kappa shape index (κ2) is 5.61. The Hall–Kier alpha value is -2.67. The zero-order valence-corrected chi connectivity index (χ0v) is 12.2. The van der Waals surface area contributed by atoms with Gasteiger partial charge in [0.15, 0.2) is 0 Å². The van der Waals surface area contributed by atoms with Gasteiger partial charge in [0.2, 0.25) is 0 Å².